The summed E-state index contributed by atoms with van der Waals surface area (Å²) in [6.07, 6.45) is 4.97. The summed E-state index contributed by atoms with van der Waals surface area (Å²) < 4.78 is 10.6. The van der Waals surface area contributed by atoms with Crippen molar-refractivity contribution in [1.82, 2.24) is 0 Å². The molecule has 0 fully saturated rings. The lowest BCUT2D eigenvalue weighted by Crippen LogP contribution is -3.09. The van der Waals surface area contributed by atoms with Gasteiger partial charge in [0.15, 0.2) is 11.5 Å². The van der Waals surface area contributed by atoms with Gasteiger partial charge in [0, 0.05) is 12.1 Å². The minimum atomic E-state index is 0.0865. The number of hydrogen-bond acceptors (Lipinski definition) is 3. The zero-order valence-corrected chi connectivity index (χ0v) is 17.1. The number of benzene rings is 2. The molecule has 28 heavy (non-hydrogen) atoms. The van der Waals surface area contributed by atoms with E-state index in [-0.39, 0.29) is 5.91 Å². The molecule has 3 rings (SSSR count). The molecule has 1 atom stereocenters. The summed E-state index contributed by atoms with van der Waals surface area (Å²) in [5.41, 5.74) is 4.95. The molecule has 0 spiro atoms. The molecule has 1 aliphatic rings. The van der Waals surface area contributed by atoms with E-state index in [1.54, 1.807) is 14.2 Å². The van der Waals surface area contributed by atoms with Gasteiger partial charge in [-0.25, -0.2) is 0 Å². The minimum absolute atomic E-state index is 0.0865. The zero-order chi connectivity index (χ0) is 19.9. The Morgan fingerprint density at radius 3 is 2.57 bits per heavy atom. The van der Waals surface area contributed by atoms with Crippen molar-refractivity contribution < 1.29 is 19.2 Å². The molecule has 0 aliphatic heterocycles. The summed E-state index contributed by atoms with van der Waals surface area (Å²) in [5, 5.41) is 3.05. The van der Waals surface area contributed by atoms with Crippen LogP contribution < -0.4 is 19.7 Å². The van der Waals surface area contributed by atoms with Crippen LogP contribution in [0.2, 0.25) is 0 Å². The number of anilines is 1. The average Bonchev–Trinajstić information content (AvgIpc) is 3.18. The molecule has 1 unspecified atom stereocenters. The average molecular weight is 384 g/mol. The van der Waals surface area contributed by atoms with Crippen LogP contribution in [0.15, 0.2) is 36.4 Å². The minimum Gasteiger partial charge on any atom is -0.493 e. The third-order valence-corrected chi connectivity index (χ3v) is 5.45. The molecule has 2 aromatic carbocycles. The molecule has 5 nitrogen and oxygen atoms in total. The Hall–Kier alpha value is -2.53. The van der Waals surface area contributed by atoms with Crippen LogP contribution in [0.4, 0.5) is 5.69 Å². The molecule has 0 heterocycles. The number of likely N-dealkylation sites (N-methyl/N-ethyl adjacent to an activating group) is 1. The van der Waals surface area contributed by atoms with E-state index in [0.717, 1.165) is 49.5 Å². The van der Waals surface area contributed by atoms with E-state index in [4.69, 9.17) is 9.47 Å². The van der Waals surface area contributed by atoms with Crippen molar-refractivity contribution in [2.75, 3.05) is 39.7 Å². The number of ether oxygens (including phenoxy) is 2. The number of amides is 1. The standard InChI is InChI=1S/C23H30N2O3/c1-25(13-11-17-7-10-21(27-2)22(15-17)28-3)14-12-23(26)24-20-9-8-18-5-4-6-19(18)16-20/h7-10,15-16H,4-6,11-14H2,1-3H3,(H,24,26)/p+1. The van der Waals surface area contributed by atoms with Crippen LogP contribution in [0.5, 0.6) is 11.5 Å². The number of hydrogen-bond donors (Lipinski definition) is 2. The second-order valence-corrected chi connectivity index (χ2v) is 7.53. The number of methoxy groups -OCH3 is 2. The van der Waals surface area contributed by atoms with Crippen LogP contribution in [0.3, 0.4) is 0 Å². The molecular weight excluding hydrogens is 352 g/mol. The van der Waals surface area contributed by atoms with Gasteiger partial charge < -0.3 is 19.7 Å². The first kappa shape index (κ1) is 20.2. The molecule has 2 aromatic rings. The van der Waals surface area contributed by atoms with Gasteiger partial charge in [0.1, 0.15) is 0 Å². The number of aryl methyl sites for hydroxylation is 2. The molecule has 0 bridgehead atoms. The molecule has 0 aromatic heterocycles. The van der Waals surface area contributed by atoms with E-state index in [9.17, 15) is 4.79 Å². The van der Waals surface area contributed by atoms with Crippen molar-refractivity contribution in [2.45, 2.75) is 32.1 Å². The Labute approximate surface area is 167 Å². The van der Waals surface area contributed by atoms with E-state index in [0.29, 0.717) is 6.42 Å². The second-order valence-electron chi connectivity index (χ2n) is 7.53. The van der Waals surface area contributed by atoms with E-state index in [1.165, 1.54) is 28.0 Å². The summed E-state index contributed by atoms with van der Waals surface area (Å²) in [6.45, 7) is 1.77. The smallest absolute Gasteiger partial charge is 0.230 e. The highest BCUT2D eigenvalue weighted by Crippen LogP contribution is 2.27. The van der Waals surface area contributed by atoms with Crippen LogP contribution in [-0.4, -0.2) is 40.3 Å². The van der Waals surface area contributed by atoms with Gasteiger partial charge in [-0.15, -0.1) is 0 Å². The summed E-state index contributed by atoms with van der Waals surface area (Å²) >= 11 is 0. The van der Waals surface area contributed by atoms with Crippen molar-refractivity contribution in [3.8, 4) is 11.5 Å². The van der Waals surface area contributed by atoms with Gasteiger partial charge in [-0.05, 0) is 60.2 Å². The Bertz CT molecular complexity index is 819. The lowest BCUT2D eigenvalue weighted by Gasteiger charge is -2.15. The second kappa shape index (κ2) is 9.60. The monoisotopic (exact) mass is 383 g/mol. The van der Waals surface area contributed by atoms with Crippen LogP contribution in [0.25, 0.3) is 0 Å². The summed E-state index contributed by atoms with van der Waals surface area (Å²) in [6, 6.07) is 12.3. The quantitative estimate of drug-likeness (QED) is 0.699. The number of nitrogens with one attached hydrogen (secondary N) is 2. The fraction of sp³-hybridized carbons (Fsp3) is 0.435. The molecule has 1 amide bonds. The van der Waals surface area contributed by atoms with E-state index in [2.05, 4.69) is 30.6 Å². The lowest BCUT2D eigenvalue weighted by atomic mass is 10.1. The maximum atomic E-state index is 12.3. The van der Waals surface area contributed by atoms with Crippen LogP contribution in [-0.2, 0) is 24.1 Å². The number of rotatable bonds is 9. The van der Waals surface area contributed by atoms with Gasteiger partial charge in [-0.1, -0.05) is 12.1 Å². The topological polar surface area (TPSA) is 52.0 Å². The Morgan fingerprint density at radius 2 is 1.79 bits per heavy atom. The van der Waals surface area contributed by atoms with E-state index in [1.807, 2.05) is 18.2 Å². The van der Waals surface area contributed by atoms with E-state index < -0.39 is 0 Å². The lowest BCUT2D eigenvalue weighted by molar-refractivity contribution is -0.878. The van der Waals surface area contributed by atoms with Gasteiger partial charge in [-0.3, -0.25) is 4.79 Å². The number of carbonyl (C=O) groups excluding carboxylic acids is 1. The van der Waals surface area contributed by atoms with Gasteiger partial charge in [0.2, 0.25) is 5.91 Å². The largest absolute Gasteiger partial charge is 0.493 e. The first-order valence-corrected chi connectivity index (χ1v) is 10.0. The molecule has 0 saturated heterocycles. The summed E-state index contributed by atoms with van der Waals surface area (Å²) in [5.74, 6) is 1.59. The van der Waals surface area contributed by atoms with E-state index >= 15 is 0 Å². The molecule has 5 heteroatoms. The zero-order valence-electron chi connectivity index (χ0n) is 17.1. The highest BCUT2D eigenvalue weighted by atomic mass is 16.5. The Morgan fingerprint density at radius 1 is 1.00 bits per heavy atom. The van der Waals surface area contributed by atoms with Crippen molar-refractivity contribution in [1.29, 1.82) is 0 Å². The molecule has 0 saturated carbocycles. The predicted molar refractivity (Wildman–Crippen MR) is 112 cm³/mol. The molecule has 2 N–H and O–H groups in total. The first-order valence-electron chi connectivity index (χ1n) is 10.0. The molecular formula is C23H31N2O3+. The van der Waals surface area contributed by atoms with Crippen LogP contribution in [0.1, 0.15) is 29.5 Å². The first-order chi connectivity index (χ1) is 13.6. The molecule has 0 radical (unpaired) electrons. The Balaban J connectivity index is 1.42. The molecule has 1 aliphatic carbocycles. The number of fused-ring (bicyclic) bond motifs is 1. The van der Waals surface area contributed by atoms with Crippen LogP contribution >= 0.6 is 0 Å². The SMILES string of the molecule is COc1ccc(CC[NH+](C)CCC(=O)Nc2ccc3c(c2)CCC3)cc1OC. The highest BCUT2D eigenvalue weighted by molar-refractivity contribution is 5.90. The Kier molecular flexibility index (Phi) is 6.93. The van der Waals surface area contributed by atoms with Crippen LogP contribution in [0, 0.1) is 0 Å². The third-order valence-electron chi connectivity index (χ3n) is 5.45. The maximum Gasteiger partial charge on any atom is 0.230 e. The predicted octanol–water partition coefficient (Wildman–Crippen LogP) is 2.28. The maximum absolute atomic E-state index is 12.3. The van der Waals surface area contributed by atoms with Crippen molar-refractivity contribution >= 4 is 11.6 Å². The van der Waals surface area contributed by atoms with Gasteiger partial charge in [0.05, 0.1) is 40.8 Å². The van der Waals surface area contributed by atoms with Gasteiger partial charge in [0.25, 0.3) is 0 Å². The van der Waals surface area contributed by atoms with Crippen molar-refractivity contribution in [3.63, 3.8) is 0 Å². The van der Waals surface area contributed by atoms with Gasteiger partial charge in [-0.2, -0.15) is 0 Å². The summed E-state index contributed by atoms with van der Waals surface area (Å²) in [4.78, 5) is 13.6. The normalized spacial score (nSPS) is 13.7. The summed E-state index contributed by atoms with van der Waals surface area (Å²) in [7, 11) is 5.42. The fourth-order valence-electron chi connectivity index (χ4n) is 3.72. The van der Waals surface area contributed by atoms with Gasteiger partial charge >= 0.3 is 0 Å². The fourth-order valence-corrected chi connectivity index (χ4v) is 3.72. The molecule has 150 valence electrons. The number of carbonyl (C=O) groups is 1. The third kappa shape index (κ3) is 5.26. The van der Waals surface area contributed by atoms with Crippen molar-refractivity contribution in [3.05, 3.63) is 53.1 Å². The van der Waals surface area contributed by atoms with Crippen molar-refractivity contribution in [2.24, 2.45) is 0 Å². The number of quaternary nitrogens is 1. The highest BCUT2D eigenvalue weighted by Gasteiger charge is 2.13.